The molecule has 0 radical (unpaired) electrons. The molecule has 0 fully saturated rings. The van der Waals surface area contributed by atoms with Gasteiger partial charge in [-0.15, -0.1) is 0 Å². The molecule has 0 bridgehead atoms. The molecule has 0 saturated heterocycles. The number of rotatable bonds is 9. The van der Waals surface area contributed by atoms with E-state index in [9.17, 15) is 0 Å². The highest BCUT2D eigenvalue weighted by atomic mass is 16.3. The summed E-state index contributed by atoms with van der Waals surface area (Å²) in [6, 6.07) is 14.2. The molecule has 0 spiro atoms. The fraction of sp³-hybridized carbons (Fsp3) is 0.391. The van der Waals surface area contributed by atoms with Crippen LogP contribution in [0, 0.1) is 13.8 Å². The lowest BCUT2D eigenvalue weighted by atomic mass is 10.1. The largest absolute Gasteiger partial charge is 0.469 e. The Morgan fingerprint density at radius 1 is 1.03 bits per heavy atom. The molecule has 2 N–H and O–H groups in total. The average Bonchev–Trinajstić information content (AvgIpc) is 3.32. The lowest BCUT2D eigenvalue weighted by molar-refractivity contribution is 0.506. The summed E-state index contributed by atoms with van der Waals surface area (Å²) in [5.74, 6) is 1.81. The van der Waals surface area contributed by atoms with Crippen molar-refractivity contribution in [2.75, 3.05) is 13.1 Å². The average molecular weight is 394 g/mol. The van der Waals surface area contributed by atoms with E-state index in [1.807, 2.05) is 42.1 Å². The van der Waals surface area contributed by atoms with Gasteiger partial charge < -0.3 is 15.1 Å². The van der Waals surface area contributed by atoms with E-state index >= 15 is 0 Å². The van der Waals surface area contributed by atoms with Crippen molar-refractivity contribution in [2.24, 2.45) is 12.0 Å². The number of furan rings is 1. The Kier molecular flexibility index (Phi) is 7.50. The summed E-state index contributed by atoms with van der Waals surface area (Å²) in [7, 11) is 2.00. The lowest BCUT2D eigenvalue weighted by Crippen LogP contribution is -2.39. The van der Waals surface area contributed by atoms with Crippen molar-refractivity contribution in [3.8, 4) is 0 Å². The van der Waals surface area contributed by atoms with E-state index in [4.69, 9.17) is 9.41 Å². The highest BCUT2D eigenvalue weighted by molar-refractivity contribution is 5.79. The minimum Gasteiger partial charge on any atom is -0.469 e. The maximum absolute atomic E-state index is 5.41. The molecule has 0 unspecified atom stereocenters. The van der Waals surface area contributed by atoms with Gasteiger partial charge >= 0.3 is 0 Å². The van der Waals surface area contributed by atoms with Gasteiger partial charge in [0, 0.05) is 32.3 Å². The van der Waals surface area contributed by atoms with Gasteiger partial charge in [0.2, 0.25) is 0 Å². The SMILES string of the molecule is Cc1nn(C)c(C)c1CCCNC(=NCc1ccccc1)NCCc1ccco1. The Morgan fingerprint density at radius 3 is 2.52 bits per heavy atom. The maximum atomic E-state index is 5.41. The molecule has 0 aliphatic carbocycles. The smallest absolute Gasteiger partial charge is 0.191 e. The zero-order chi connectivity index (χ0) is 20.5. The number of nitrogens with one attached hydrogen (secondary N) is 2. The Hall–Kier alpha value is -3.02. The number of nitrogens with zero attached hydrogens (tertiary/aromatic N) is 3. The molecule has 2 aromatic heterocycles. The van der Waals surface area contributed by atoms with Crippen LogP contribution < -0.4 is 10.6 Å². The molecule has 3 aromatic rings. The van der Waals surface area contributed by atoms with Crippen LogP contribution in [0.15, 0.2) is 58.1 Å². The number of aromatic nitrogens is 2. The number of benzene rings is 1. The molecule has 3 rings (SSSR count). The molecular formula is C23H31N5O. The monoisotopic (exact) mass is 393 g/mol. The van der Waals surface area contributed by atoms with Crippen LogP contribution in [0.5, 0.6) is 0 Å². The molecule has 154 valence electrons. The summed E-state index contributed by atoms with van der Waals surface area (Å²) in [6.07, 6.45) is 4.57. The molecule has 0 saturated carbocycles. The van der Waals surface area contributed by atoms with Crippen LogP contribution >= 0.6 is 0 Å². The van der Waals surface area contributed by atoms with Crippen molar-refractivity contribution < 1.29 is 4.42 Å². The molecule has 6 nitrogen and oxygen atoms in total. The van der Waals surface area contributed by atoms with Gasteiger partial charge in [0.1, 0.15) is 5.76 Å². The van der Waals surface area contributed by atoms with Gasteiger partial charge in [0.05, 0.1) is 18.5 Å². The van der Waals surface area contributed by atoms with Crippen molar-refractivity contribution >= 4 is 5.96 Å². The number of aliphatic imine (C=N–C) groups is 1. The summed E-state index contributed by atoms with van der Waals surface area (Å²) in [6.45, 7) is 6.49. The van der Waals surface area contributed by atoms with Gasteiger partial charge in [-0.1, -0.05) is 30.3 Å². The second-order valence-corrected chi connectivity index (χ2v) is 7.21. The van der Waals surface area contributed by atoms with E-state index in [1.165, 1.54) is 16.8 Å². The second-order valence-electron chi connectivity index (χ2n) is 7.21. The number of hydrogen-bond donors (Lipinski definition) is 2. The minimum absolute atomic E-state index is 0.651. The Balaban J connectivity index is 1.52. The van der Waals surface area contributed by atoms with Crippen LogP contribution in [-0.2, 0) is 26.4 Å². The van der Waals surface area contributed by atoms with Crippen molar-refractivity contribution in [3.63, 3.8) is 0 Å². The van der Waals surface area contributed by atoms with E-state index in [0.717, 1.165) is 49.8 Å². The summed E-state index contributed by atoms with van der Waals surface area (Å²) < 4.78 is 7.37. The molecular weight excluding hydrogens is 362 g/mol. The fourth-order valence-corrected chi connectivity index (χ4v) is 3.34. The zero-order valence-electron chi connectivity index (χ0n) is 17.6. The summed E-state index contributed by atoms with van der Waals surface area (Å²) in [5.41, 5.74) is 4.92. The quantitative estimate of drug-likeness (QED) is 0.331. The molecule has 0 aliphatic rings. The highest BCUT2D eigenvalue weighted by Gasteiger charge is 2.09. The van der Waals surface area contributed by atoms with Crippen LogP contribution in [0.1, 0.15) is 34.7 Å². The molecule has 0 atom stereocenters. The van der Waals surface area contributed by atoms with E-state index in [0.29, 0.717) is 6.54 Å². The highest BCUT2D eigenvalue weighted by Crippen LogP contribution is 2.13. The maximum Gasteiger partial charge on any atom is 0.191 e. The van der Waals surface area contributed by atoms with Gasteiger partial charge in [0.25, 0.3) is 0 Å². The molecule has 0 amide bonds. The van der Waals surface area contributed by atoms with Gasteiger partial charge in [-0.2, -0.15) is 5.10 Å². The molecule has 0 aliphatic heterocycles. The van der Waals surface area contributed by atoms with Gasteiger partial charge in [-0.25, -0.2) is 4.99 Å². The Bertz CT molecular complexity index is 897. The fourth-order valence-electron chi connectivity index (χ4n) is 3.34. The van der Waals surface area contributed by atoms with Crippen molar-refractivity contribution in [3.05, 3.63) is 77.0 Å². The first-order chi connectivity index (χ1) is 14.1. The number of aryl methyl sites for hydroxylation is 2. The first-order valence-corrected chi connectivity index (χ1v) is 10.2. The van der Waals surface area contributed by atoms with Gasteiger partial charge in [0.15, 0.2) is 5.96 Å². The molecule has 2 heterocycles. The lowest BCUT2D eigenvalue weighted by Gasteiger charge is -2.12. The van der Waals surface area contributed by atoms with Gasteiger partial charge in [-0.05, 0) is 49.9 Å². The minimum atomic E-state index is 0.651. The first-order valence-electron chi connectivity index (χ1n) is 10.2. The summed E-state index contributed by atoms with van der Waals surface area (Å²) in [5, 5.41) is 11.4. The third-order valence-corrected chi connectivity index (χ3v) is 5.06. The van der Waals surface area contributed by atoms with Crippen molar-refractivity contribution in [1.29, 1.82) is 0 Å². The van der Waals surface area contributed by atoms with Crippen LogP contribution in [-0.4, -0.2) is 28.8 Å². The van der Waals surface area contributed by atoms with Crippen LogP contribution in [0.3, 0.4) is 0 Å². The standard InChI is InChI=1S/C23H31N5O/c1-18-22(19(2)28(3)27-18)12-7-14-24-23(25-15-13-21-11-8-16-29-21)26-17-20-9-5-4-6-10-20/h4-6,8-11,16H,7,12-15,17H2,1-3H3,(H2,24,25,26). The van der Waals surface area contributed by atoms with Gasteiger partial charge in [-0.3, -0.25) is 4.68 Å². The van der Waals surface area contributed by atoms with E-state index in [-0.39, 0.29) is 0 Å². The Morgan fingerprint density at radius 2 is 1.83 bits per heavy atom. The summed E-state index contributed by atoms with van der Waals surface area (Å²) >= 11 is 0. The molecule has 6 heteroatoms. The third-order valence-electron chi connectivity index (χ3n) is 5.06. The predicted octanol–water partition coefficient (Wildman–Crippen LogP) is 3.54. The normalized spacial score (nSPS) is 11.6. The summed E-state index contributed by atoms with van der Waals surface area (Å²) in [4.78, 5) is 4.74. The van der Waals surface area contributed by atoms with Crippen LogP contribution in [0.25, 0.3) is 0 Å². The zero-order valence-corrected chi connectivity index (χ0v) is 17.6. The van der Waals surface area contributed by atoms with Crippen molar-refractivity contribution in [1.82, 2.24) is 20.4 Å². The van der Waals surface area contributed by atoms with Crippen LogP contribution in [0.2, 0.25) is 0 Å². The second kappa shape index (κ2) is 10.5. The van der Waals surface area contributed by atoms with E-state index < -0.39 is 0 Å². The van der Waals surface area contributed by atoms with E-state index in [1.54, 1.807) is 6.26 Å². The molecule has 1 aromatic carbocycles. The topological polar surface area (TPSA) is 67.4 Å². The van der Waals surface area contributed by atoms with Crippen LogP contribution in [0.4, 0.5) is 0 Å². The number of hydrogen-bond acceptors (Lipinski definition) is 3. The first kappa shape index (κ1) is 20.7. The Labute approximate surface area is 173 Å². The third kappa shape index (κ3) is 6.24. The predicted molar refractivity (Wildman–Crippen MR) is 117 cm³/mol. The van der Waals surface area contributed by atoms with E-state index in [2.05, 4.69) is 41.7 Å². The number of guanidine groups is 1. The van der Waals surface area contributed by atoms with Crippen molar-refractivity contribution in [2.45, 2.75) is 39.7 Å². The molecule has 29 heavy (non-hydrogen) atoms.